The molecule has 0 aliphatic rings. The number of halogens is 1. The lowest BCUT2D eigenvalue weighted by molar-refractivity contribution is 0.0945. The van der Waals surface area contributed by atoms with Crippen LogP contribution in [-0.2, 0) is 0 Å². The number of fused-ring (bicyclic) bond motifs is 1. The van der Waals surface area contributed by atoms with Gasteiger partial charge in [0.1, 0.15) is 23.8 Å². The third-order valence-electron chi connectivity index (χ3n) is 4.09. The molecule has 28 heavy (non-hydrogen) atoms. The van der Waals surface area contributed by atoms with Gasteiger partial charge in [0.25, 0.3) is 11.8 Å². The smallest absolute Gasteiger partial charge is 0.278 e. The second-order valence-corrected chi connectivity index (χ2v) is 6.08. The van der Waals surface area contributed by atoms with E-state index in [0.29, 0.717) is 35.0 Å². The van der Waals surface area contributed by atoms with Crippen LogP contribution in [0.5, 0.6) is 5.88 Å². The van der Waals surface area contributed by atoms with E-state index in [1.165, 1.54) is 12.1 Å². The summed E-state index contributed by atoms with van der Waals surface area (Å²) in [6.07, 6.45) is 3.49. The Balaban J connectivity index is 1.41. The van der Waals surface area contributed by atoms with Crippen molar-refractivity contribution in [1.29, 1.82) is 0 Å². The summed E-state index contributed by atoms with van der Waals surface area (Å²) in [7, 11) is 0. The molecule has 1 aromatic carbocycles. The predicted molar refractivity (Wildman–Crippen MR) is 97.4 cm³/mol. The number of ether oxygens (including phenoxy) is 1. The number of aryl methyl sites for hydroxylation is 1. The third-order valence-corrected chi connectivity index (χ3v) is 4.09. The van der Waals surface area contributed by atoms with Crippen molar-refractivity contribution in [2.24, 2.45) is 0 Å². The second-order valence-electron chi connectivity index (χ2n) is 6.08. The lowest BCUT2D eigenvalue weighted by atomic mass is 10.2. The number of aromatic nitrogens is 4. The van der Waals surface area contributed by atoms with Gasteiger partial charge >= 0.3 is 0 Å². The molecule has 4 aromatic rings. The SMILES string of the molecule is Cc1nonc1OCCNC(=O)c1ccc2nc(-c3ccc(F)cc3)cn2c1. The van der Waals surface area contributed by atoms with Gasteiger partial charge in [-0.05, 0) is 48.5 Å². The molecule has 1 N–H and O–H groups in total. The summed E-state index contributed by atoms with van der Waals surface area (Å²) in [5.74, 6) is -0.231. The highest BCUT2D eigenvalue weighted by Gasteiger charge is 2.10. The fraction of sp³-hybridized carbons (Fsp3) is 0.158. The summed E-state index contributed by atoms with van der Waals surface area (Å²) in [4.78, 5) is 16.8. The molecule has 3 aromatic heterocycles. The van der Waals surface area contributed by atoms with Crippen molar-refractivity contribution in [3.8, 4) is 17.1 Å². The third kappa shape index (κ3) is 3.68. The first-order chi connectivity index (χ1) is 13.6. The van der Waals surface area contributed by atoms with Gasteiger partial charge in [-0.15, -0.1) is 0 Å². The summed E-state index contributed by atoms with van der Waals surface area (Å²) < 4.78 is 24.7. The first-order valence-electron chi connectivity index (χ1n) is 8.55. The molecule has 0 bridgehead atoms. The highest BCUT2D eigenvalue weighted by molar-refractivity contribution is 5.94. The Morgan fingerprint density at radius 2 is 2.00 bits per heavy atom. The first-order valence-corrected chi connectivity index (χ1v) is 8.55. The van der Waals surface area contributed by atoms with Gasteiger partial charge in [-0.3, -0.25) is 4.79 Å². The summed E-state index contributed by atoms with van der Waals surface area (Å²) in [6, 6.07) is 9.54. The molecule has 0 radical (unpaired) electrons. The number of hydrogen-bond donors (Lipinski definition) is 1. The van der Waals surface area contributed by atoms with Crippen molar-refractivity contribution in [3.63, 3.8) is 0 Å². The molecular formula is C19H16FN5O3. The number of carbonyl (C=O) groups is 1. The molecule has 1 amide bonds. The number of pyridine rings is 1. The Kier molecular flexibility index (Phi) is 4.71. The molecule has 4 rings (SSSR count). The van der Waals surface area contributed by atoms with Gasteiger partial charge in [0.15, 0.2) is 0 Å². The van der Waals surface area contributed by atoms with Crippen molar-refractivity contribution in [2.75, 3.05) is 13.2 Å². The van der Waals surface area contributed by atoms with Crippen LogP contribution in [-0.4, -0.2) is 38.8 Å². The molecule has 0 saturated heterocycles. The van der Waals surface area contributed by atoms with Crippen LogP contribution in [0.2, 0.25) is 0 Å². The van der Waals surface area contributed by atoms with E-state index >= 15 is 0 Å². The molecule has 0 spiro atoms. The van der Waals surface area contributed by atoms with E-state index in [-0.39, 0.29) is 18.3 Å². The molecule has 0 unspecified atom stereocenters. The maximum absolute atomic E-state index is 13.1. The summed E-state index contributed by atoms with van der Waals surface area (Å²) in [5.41, 5.74) is 3.21. The molecule has 0 atom stereocenters. The molecule has 8 nitrogen and oxygen atoms in total. The van der Waals surface area contributed by atoms with Crippen LogP contribution in [0.4, 0.5) is 4.39 Å². The highest BCUT2D eigenvalue weighted by Crippen LogP contribution is 2.20. The maximum Gasteiger partial charge on any atom is 0.278 e. The number of rotatable bonds is 6. The molecular weight excluding hydrogens is 365 g/mol. The Morgan fingerprint density at radius 3 is 2.75 bits per heavy atom. The van der Waals surface area contributed by atoms with E-state index in [0.717, 1.165) is 5.56 Å². The van der Waals surface area contributed by atoms with Crippen LogP contribution >= 0.6 is 0 Å². The van der Waals surface area contributed by atoms with Gasteiger partial charge < -0.3 is 14.5 Å². The standard InChI is InChI=1S/C19H16FN5O3/c1-12-19(24-28-23-12)27-9-8-21-18(26)14-4-7-17-22-16(11-25(17)10-14)13-2-5-15(20)6-3-13/h2-7,10-11H,8-9H2,1H3,(H,21,26). The highest BCUT2D eigenvalue weighted by atomic mass is 19.1. The Hall–Kier alpha value is -3.75. The van der Waals surface area contributed by atoms with E-state index in [9.17, 15) is 9.18 Å². The van der Waals surface area contributed by atoms with E-state index in [1.54, 1.807) is 48.0 Å². The Labute approximate surface area is 158 Å². The number of carbonyl (C=O) groups excluding carboxylic acids is 1. The monoisotopic (exact) mass is 381 g/mol. The molecule has 9 heteroatoms. The summed E-state index contributed by atoms with van der Waals surface area (Å²) in [6.45, 7) is 2.25. The first kappa shape index (κ1) is 17.7. The van der Waals surface area contributed by atoms with Crippen molar-refractivity contribution >= 4 is 11.6 Å². The lowest BCUT2D eigenvalue weighted by Crippen LogP contribution is -2.28. The minimum absolute atomic E-state index is 0.238. The molecule has 0 fully saturated rings. The van der Waals surface area contributed by atoms with Crippen molar-refractivity contribution < 1.29 is 18.6 Å². The number of benzene rings is 1. The lowest BCUT2D eigenvalue weighted by Gasteiger charge is -2.06. The van der Waals surface area contributed by atoms with E-state index in [1.807, 2.05) is 0 Å². The van der Waals surface area contributed by atoms with Crippen molar-refractivity contribution in [3.05, 3.63) is 65.9 Å². The predicted octanol–water partition coefficient (Wildman–Crippen LogP) is 2.64. The normalized spacial score (nSPS) is 10.9. The van der Waals surface area contributed by atoms with Crippen LogP contribution in [0.15, 0.2) is 53.4 Å². The maximum atomic E-state index is 13.1. The van der Waals surface area contributed by atoms with Crippen molar-refractivity contribution in [2.45, 2.75) is 6.92 Å². The fourth-order valence-corrected chi connectivity index (χ4v) is 2.65. The van der Waals surface area contributed by atoms with E-state index < -0.39 is 0 Å². The van der Waals surface area contributed by atoms with Gasteiger partial charge in [0.2, 0.25) is 0 Å². The zero-order valence-corrected chi connectivity index (χ0v) is 14.9. The minimum atomic E-state index is -0.301. The average molecular weight is 381 g/mol. The molecule has 0 saturated carbocycles. The quantitative estimate of drug-likeness (QED) is 0.516. The van der Waals surface area contributed by atoms with Crippen LogP contribution in [0, 0.1) is 12.7 Å². The van der Waals surface area contributed by atoms with Gasteiger partial charge in [-0.2, -0.15) is 0 Å². The van der Waals surface area contributed by atoms with Crippen LogP contribution in [0.3, 0.4) is 0 Å². The Morgan fingerprint density at radius 1 is 1.18 bits per heavy atom. The van der Waals surface area contributed by atoms with Gasteiger partial charge in [0.05, 0.1) is 17.8 Å². The zero-order chi connectivity index (χ0) is 19.5. The Bertz CT molecular complexity index is 1120. The molecule has 0 aliphatic heterocycles. The van der Waals surface area contributed by atoms with E-state index in [2.05, 4.69) is 25.2 Å². The molecule has 3 heterocycles. The van der Waals surface area contributed by atoms with Gasteiger partial charge in [-0.1, -0.05) is 5.16 Å². The van der Waals surface area contributed by atoms with Crippen LogP contribution in [0.25, 0.3) is 16.9 Å². The van der Waals surface area contributed by atoms with Crippen LogP contribution in [0.1, 0.15) is 16.1 Å². The van der Waals surface area contributed by atoms with Gasteiger partial charge in [0, 0.05) is 18.0 Å². The number of imidazole rings is 1. The molecule has 0 aliphatic carbocycles. The molecule has 142 valence electrons. The number of hydrogen-bond acceptors (Lipinski definition) is 6. The zero-order valence-electron chi connectivity index (χ0n) is 14.9. The number of amides is 1. The summed E-state index contributed by atoms with van der Waals surface area (Å²) >= 11 is 0. The second kappa shape index (κ2) is 7.47. The van der Waals surface area contributed by atoms with Crippen LogP contribution < -0.4 is 10.1 Å². The van der Waals surface area contributed by atoms with E-state index in [4.69, 9.17) is 4.74 Å². The number of nitrogens with zero attached hydrogens (tertiary/aromatic N) is 4. The van der Waals surface area contributed by atoms with Crippen molar-refractivity contribution in [1.82, 2.24) is 25.0 Å². The largest absolute Gasteiger partial charge is 0.472 e. The number of nitrogens with one attached hydrogen (secondary N) is 1. The van der Waals surface area contributed by atoms with Gasteiger partial charge in [-0.25, -0.2) is 14.0 Å². The fourth-order valence-electron chi connectivity index (χ4n) is 2.65. The minimum Gasteiger partial charge on any atom is -0.472 e. The summed E-state index contributed by atoms with van der Waals surface area (Å²) in [5, 5.41) is 9.99. The topological polar surface area (TPSA) is 94.5 Å². The average Bonchev–Trinajstić information content (AvgIpc) is 3.31.